The van der Waals surface area contributed by atoms with Gasteiger partial charge in [0.15, 0.2) is 0 Å². The lowest BCUT2D eigenvalue weighted by molar-refractivity contribution is 0.473. The van der Waals surface area contributed by atoms with Crippen LogP contribution in [0.1, 0.15) is 37.5 Å². The minimum absolute atomic E-state index is 0.703. The Morgan fingerprint density at radius 2 is 1.76 bits per heavy atom. The topological polar surface area (TPSA) is 12.0 Å². The van der Waals surface area contributed by atoms with Crippen molar-refractivity contribution in [2.75, 3.05) is 13.1 Å². The summed E-state index contributed by atoms with van der Waals surface area (Å²) in [6.45, 7) is 13.5. The molecular formula is C16H27N. The Morgan fingerprint density at radius 3 is 2.41 bits per heavy atom. The first-order valence-electron chi connectivity index (χ1n) is 6.76. The van der Waals surface area contributed by atoms with Gasteiger partial charge < -0.3 is 5.32 Å². The van der Waals surface area contributed by atoms with Crippen LogP contribution in [-0.4, -0.2) is 13.1 Å². The zero-order chi connectivity index (χ0) is 12.8. The average Bonchev–Trinajstić information content (AvgIpc) is 2.23. The van der Waals surface area contributed by atoms with Gasteiger partial charge in [-0.25, -0.2) is 0 Å². The quantitative estimate of drug-likeness (QED) is 0.789. The number of hydrogen-bond donors (Lipinski definition) is 1. The van der Waals surface area contributed by atoms with Gasteiger partial charge in [0.2, 0.25) is 0 Å². The molecule has 96 valence electrons. The van der Waals surface area contributed by atoms with Gasteiger partial charge >= 0.3 is 0 Å². The molecule has 1 N–H and O–H groups in total. The first-order valence-corrected chi connectivity index (χ1v) is 6.76. The molecule has 1 atom stereocenters. The molecule has 0 fully saturated rings. The van der Waals surface area contributed by atoms with E-state index in [1.165, 1.54) is 23.1 Å². The summed E-state index contributed by atoms with van der Waals surface area (Å²) < 4.78 is 0. The van der Waals surface area contributed by atoms with Crippen LogP contribution in [0.25, 0.3) is 0 Å². The molecule has 0 amide bonds. The van der Waals surface area contributed by atoms with E-state index in [0.717, 1.165) is 19.0 Å². The normalized spacial score (nSPS) is 13.1. The van der Waals surface area contributed by atoms with Crippen LogP contribution in [0.15, 0.2) is 18.2 Å². The maximum Gasteiger partial charge on any atom is -0.00199 e. The van der Waals surface area contributed by atoms with Gasteiger partial charge in [-0.05, 0) is 56.3 Å². The zero-order valence-corrected chi connectivity index (χ0v) is 12.0. The second kappa shape index (κ2) is 6.80. The SMILES string of the molecule is Cc1ccc(C)c(CC(C)CNCC(C)C)c1. The molecule has 0 radical (unpaired) electrons. The molecule has 0 aromatic heterocycles. The molecule has 1 nitrogen and oxygen atoms in total. The van der Waals surface area contributed by atoms with Gasteiger partial charge in [-0.3, -0.25) is 0 Å². The number of nitrogens with one attached hydrogen (secondary N) is 1. The van der Waals surface area contributed by atoms with Gasteiger partial charge in [0.1, 0.15) is 0 Å². The Morgan fingerprint density at radius 1 is 1.06 bits per heavy atom. The molecule has 17 heavy (non-hydrogen) atoms. The molecule has 0 bridgehead atoms. The first kappa shape index (κ1) is 14.2. The van der Waals surface area contributed by atoms with E-state index in [-0.39, 0.29) is 0 Å². The average molecular weight is 233 g/mol. The maximum atomic E-state index is 3.54. The number of rotatable bonds is 6. The lowest BCUT2D eigenvalue weighted by Gasteiger charge is -2.15. The van der Waals surface area contributed by atoms with Crippen molar-refractivity contribution in [3.8, 4) is 0 Å². The summed E-state index contributed by atoms with van der Waals surface area (Å²) in [6, 6.07) is 6.76. The van der Waals surface area contributed by atoms with Crippen molar-refractivity contribution in [1.82, 2.24) is 5.32 Å². The van der Waals surface area contributed by atoms with E-state index in [9.17, 15) is 0 Å². The Hall–Kier alpha value is -0.820. The van der Waals surface area contributed by atoms with E-state index < -0.39 is 0 Å². The summed E-state index contributed by atoms with van der Waals surface area (Å²) >= 11 is 0. The maximum absolute atomic E-state index is 3.54. The number of hydrogen-bond acceptors (Lipinski definition) is 1. The van der Waals surface area contributed by atoms with Crippen molar-refractivity contribution >= 4 is 0 Å². The molecule has 0 aliphatic carbocycles. The largest absolute Gasteiger partial charge is 0.316 e. The van der Waals surface area contributed by atoms with Crippen LogP contribution >= 0.6 is 0 Å². The fraction of sp³-hybridized carbons (Fsp3) is 0.625. The van der Waals surface area contributed by atoms with Crippen molar-refractivity contribution in [3.05, 3.63) is 34.9 Å². The lowest BCUT2D eigenvalue weighted by atomic mass is 9.96. The van der Waals surface area contributed by atoms with Crippen LogP contribution in [0.3, 0.4) is 0 Å². The van der Waals surface area contributed by atoms with Crippen LogP contribution in [0.5, 0.6) is 0 Å². The van der Waals surface area contributed by atoms with E-state index in [1.54, 1.807) is 0 Å². The Bertz CT molecular complexity index is 341. The second-order valence-electron chi connectivity index (χ2n) is 5.79. The summed E-state index contributed by atoms with van der Waals surface area (Å²) in [7, 11) is 0. The number of benzene rings is 1. The molecule has 0 aliphatic rings. The van der Waals surface area contributed by atoms with Crippen molar-refractivity contribution < 1.29 is 0 Å². The summed E-state index contributed by atoms with van der Waals surface area (Å²) in [5.41, 5.74) is 4.29. The fourth-order valence-corrected chi connectivity index (χ4v) is 2.09. The third-order valence-electron chi connectivity index (χ3n) is 3.12. The van der Waals surface area contributed by atoms with Crippen molar-refractivity contribution in [2.24, 2.45) is 11.8 Å². The molecular weight excluding hydrogens is 206 g/mol. The van der Waals surface area contributed by atoms with Gasteiger partial charge in [0, 0.05) is 0 Å². The highest BCUT2D eigenvalue weighted by molar-refractivity contribution is 5.30. The third-order valence-corrected chi connectivity index (χ3v) is 3.12. The zero-order valence-electron chi connectivity index (χ0n) is 12.0. The standard InChI is InChI=1S/C16H27N/c1-12(2)10-17-11-14(4)9-16-8-13(3)6-7-15(16)5/h6-8,12,14,17H,9-11H2,1-5H3. The van der Waals surface area contributed by atoms with Gasteiger partial charge in [-0.1, -0.05) is 44.5 Å². The molecule has 1 aromatic rings. The molecule has 1 rings (SSSR count). The van der Waals surface area contributed by atoms with E-state index in [2.05, 4.69) is 58.1 Å². The van der Waals surface area contributed by atoms with E-state index in [1.807, 2.05) is 0 Å². The molecule has 0 saturated heterocycles. The molecule has 1 aromatic carbocycles. The summed E-state index contributed by atoms with van der Waals surface area (Å²) in [5, 5.41) is 3.54. The number of aryl methyl sites for hydroxylation is 2. The molecule has 1 unspecified atom stereocenters. The minimum atomic E-state index is 0.703. The van der Waals surface area contributed by atoms with E-state index >= 15 is 0 Å². The predicted octanol–water partition coefficient (Wildman–Crippen LogP) is 3.73. The Labute approximate surface area is 107 Å². The van der Waals surface area contributed by atoms with Crippen LogP contribution in [0, 0.1) is 25.7 Å². The summed E-state index contributed by atoms with van der Waals surface area (Å²) in [4.78, 5) is 0. The van der Waals surface area contributed by atoms with Gasteiger partial charge in [-0.2, -0.15) is 0 Å². The van der Waals surface area contributed by atoms with Crippen LogP contribution in [-0.2, 0) is 6.42 Å². The third kappa shape index (κ3) is 5.36. The second-order valence-corrected chi connectivity index (χ2v) is 5.79. The van der Waals surface area contributed by atoms with Gasteiger partial charge in [0.25, 0.3) is 0 Å². The Kier molecular flexibility index (Phi) is 5.70. The fourth-order valence-electron chi connectivity index (χ4n) is 2.09. The van der Waals surface area contributed by atoms with E-state index in [4.69, 9.17) is 0 Å². The predicted molar refractivity (Wildman–Crippen MR) is 76.5 cm³/mol. The van der Waals surface area contributed by atoms with Crippen LogP contribution in [0.4, 0.5) is 0 Å². The van der Waals surface area contributed by atoms with Crippen LogP contribution < -0.4 is 5.32 Å². The van der Waals surface area contributed by atoms with Crippen LogP contribution in [0.2, 0.25) is 0 Å². The van der Waals surface area contributed by atoms with Crippen molar-refractivity contribution in [1.29, 1.82) is 0 Å². The summed E-state index contributed by atoms with van der Waals surface area (Å²) in [6.07, 6.45) is 1.18. The highest BCUT2D eigenvalue weighted by atomic mass is 14.9. The van der Waals surface area contributed by atoms with Crippen molar-refractivity contribution in [3.63, 3.8) is 0 Å². The minimum Gasteiger partial charge on any atom is -0.316 e. The molecule has 0 spiro atoms. The summed E-state index contributed by atoms with van der Waals surface area (Å²) in [5.74, 6) is 1.44. The smallest absolute Gasteiger partial charge is 0.00199 e. The highest BCUT2D eigenvalue weighted by Crippen LogP contribution is 2.15. The van der Waals surface area contributed by atoms with E-state index in [0.29, 0.717) is 5.92 Å². The van der Waals surface area contributed by atoms with Gasteiger partial charge in [-0.15, -0.1) is 0 Å². The molecule has 0 saturated carbocycles. The molecule has 0 heterocycles. The lowest BCUT2D eigenvalue weighted by Crippen LogP contribution is -2.26. The molecule has 0 aliphatic heterocycles. The van der Waals surface area contributed by atoms with Gasteiger partial charge in [0.05, 0.1) is 0 Å². The molecule has 1 heteroatoms. The monoisotopic (exact) mass is 233 g/mol. The van der Waals surface area contributed by atoms with Crippen molar-refractivity contribution in [2.45, 2.75) is 41.0 Å². The Balaban J connectivity index is 2.44. The highest BCUT2D eigenvalue weighted by Gasteiger charge is 2.06. The first-order chi connectivity index (χ1) is 7.99.